The van der Waals surface area contributed by atoms with Gasteiger partial charge in [-0.3, -0.25) is 0 Å². The fraction of sp³-hybridized carbons (Fsp3) is 0.333. The van der Waals surface area contributed by atoms with Crippen molar-refractivity contribution >= 4 is 5.65 Å². The van der Waals surface area contributed by atoms with E-state index in [4.69, 9.17) is 18.9 Å². The number of methoxy groups -OCH3 is 1. The zero-order chi connectivity index (χ0) is 20.3. The number of hydrogen-bond acceptors (Lipinski definition) is 5. The van der Waals surface area contributed by atoms with Crippen LogP contribution in [0.5, 0.6) is 5.88 Å². The molecule has 1 aromatic carbocycles. The molecule has 1 aliphatic rings. The van der Waals surface area contributed by atoms with Crippen LogP contribution in [0.3, 0.4) is 0 Å². The quantitative estimate of drug-likeness (QED) is 0.440. The third kappa shape index (κ3) is 3.71. The minimum atomic E-state index is 0.242. The highest BCUT2D eigenvalue weighted by Gasteiger charge is 2.26. The Hall–Kier alpha value is -3.12. The first-order valence-corrected chi connectivity index (χ1v) is 10.4. The molecule has 3 aromatic heterocycles. The summed E-state index contributed by atoms with van der Waals surface area (Å²) in [5.41, 5.74) is 4.95. The molecule has 5 rings (SSSR count). The highest BCUT2D eigenvalue weighted by Crippen LogP contribution is 2.36. The predicted molar refractivity (Wildman–Crippen MR) is 113 cm³/mol. The van der Waals surface area contributed by atoms with Crippen molar-refractivity contribution in [2.75, 3.05) is 7.11 Å². The maximum atomic E-state index is 6.24. The molecule has 2 unspecified atom stereocenters. The Kier molecular flexibility index (Phi) is 5.24. The van der Waals surface area contributed by atoms with Gasteiger partial charge in [-0.2, -0.15) is 9.61 Å². The van der Waals surface area contributed by atoms with Crippen molar-refractivity contribution in [2.24, 2.45) is 0 Å². The summed E-state index contributed by atoms with van der Waals surface area (Å²) >= 11 is 0. The molecule has 4 aromatic rings. The summed E-state index contributed by atoms with van der Waals surface area (Å²) in [4.78, 5) is 5.00. The lowest BCUT2D eigenvalue weighted by Gasteiger charge is -2.29. The summed E-state index contributed by atoms with van der Waals surface area (Å²) in [7, 11) is 1.67. The second-order valence-corrected chi connectivity index (χ2v) is 7.81. The summed E-state index contributed by atoms with van der Waals surface area (Å²) < 4.78 is 18.9. The van der Waals surface area contributed by atoms with Gasteiger partial charge < -0.3 is 13.9 Å². The fourth-order valence-corrected chi connectivity index (χ4v) is 4.28. The zero-order valence-corrected chi connectivity index (χ0v) is 17.0. The molecule has 3 heterocycles. The van der Waals surface area contributed by atoms with E-state index in [1.807, 2.05) is 24.4 Å². The molecule has 0 radical (unpaired) electrons. The number of hydrogen-bond donors (Lipinski definition) is 0. The number of aromatic nitrogens is 3. The zero-order valence-electron chi connectivity index (χ0n) is 17.0. The number of rotatable bonds is 6. The van der Waals surface area contributed by atoms with Gasteiger partial charge in [-0.25, -0.2) is 4.98 Å². The SMILES string of the molecule is COc1cc(C2CCCC(OCc3ccccc3)C2)nc2c(-c3ccoc3)cnn12. The molecular weight excluding hydrogens is 378 g/mol. The molecule has 2 atom stereocenters. The van der Waals surface area contributed by atoms with E-state index in [1.165, 1.54) is 5.56 Å². The van der Waals surface area contributed by atoms with Crippen LogP contribution in [0, 0.1) is 0 Å². The van der Waals surface area contributed by atoms with Crippen LogP contribution in [0.1, 0.15) is 42.9 Å². The van der Waals surface area contributed by atoms with Crippen LogP contribution in [0.4, 0.5) is 0 Å². The van der Waals surface area contributed by atoms with Gasteiger partial charge in [0.2, 0.25) is 5.88 Å². The van der Waals surface area contributed by atoms with Crippen LogP contribution in [0.15, 0.2) is 65.6 Å². The molecule has 0 bridgehead atoms. The first kappa shape index (κ1) is 18.9. The lowest BCUT2D eigenvalue weighted by Crippen LogP contribution is -2.22. The maximum absolute atomic E-state index is 6.24. The Bertz CT molecular complexity index is 1110. The maximum Gasteiger partial charge on any atom is 0.217 e. The monoisotopic (exact) mass is 403 g/mol. The van der Waals surface area contributed by atoms with E-state index in [0.29, 0.717) is 18.4 Å². The summed E-state index contributed by atoms with van der Waals surface area (Å²) in [6, 6.07) is 14.3. The van der Waals surface area contributed by atoms with Crippen LogP contribution in [-0.4, -0.2) is 27.8 Å². The summed E-state index contributed by atoms with van der Waals surface area (Å²) in [5, 5.41) is 4.47. The highest BCUT2D eigenvalue weighted by atomic mass is 16.5. The molecule has 0 saturated heterocycles. The van der Waals surface area contributed by atoms with E-state index in [2.05, 4.69) is 29.4 Å². The van der Waals surface area contributed by atoms with Crippen LogP contribution >= 0.6 is 0 Å². The van der Waals surface area contributed by atoms with Crippen molar-refractivity contribution in [3.63, 3.8) is 0 Å². The van der Waals surface area contributed by atoms with E-state index in [9.17, 15) is 0 Å². The third-order valence-electron chi connectivity index (χ3n) is 5.87. The molecule has 0 N–H and O–H groups in total. The Labute approximate surface area is 175 Å². The van der Waals surface area contributed by atoms with Crippen molar-refractivity contribution < 1.29 is 13.9 Å². The van der Waals surface area contributed by atoms with Crippen molar-refractivity contribution in [1.29, 1.82) is 0 Å². The molecule has 1 fully saturated rings. The van der Waals surface area contributed by atoms with Gasteiger partial charge in [0.15, 0.2) is 5.65 Å². The lowest BCUT2D eigenvalue weighted by atomic mass is 9.85. The summed E-state index contributed by atoms with van der Waals surface area (Å²) in [6.07, 6.45) is 9.73. The smallest absolute Gasteiger partial charge is 0.217 e. The molecular formula is C24H25N3O3. The first-order valence-electron chi connectivity index (χ1n) is 10.4. The van der Waals surface area contributed by atoms with E-state index in [-0.39, 0.29) is 6.10 Å². The molecule has 0 aliphatic heterocycles. The highest BCUT2D eigenvalue weighted by molar-refractivity contribution is 5.76. The molecule has 0 spiro atoms. The molecule has 6 heteroatoms. The minimum Gasteiger partial charge on any atom is -0.481 e. The number of furan rings is 1. The van der Waals surface area contributed by atoms with Crippen molar-refractivity contribution in [3.8, 4) is 17.0 Å². The van der Waals surface area contributed by atoms with E-state index in [1.54, 1.807) is 24.2 Å². The summed E-state index contributed by atoms with van der Waals surface area (Å²) in [6.45, 7) is 0.654. The van der Waals surface area contributed by atoms with Gasteiger partial charge in [0.05, 0.1) is 44.2 Å². The van der Waals surface area contributed by atoms with Gasteiger partial charge >= 0.3 is 0 Å². The molecule has 30 heavy (non-hydrogen) atoms. The lowest BCUT2D eigenvalue weighted by molar-refractivity contribution is 0.0111. The molecule has 1 aliphatic carbocycles. The van der Waals surface area contributed by atoms with Crippen LogP contribution in [-0.2, 0) is 11.3 Å². The van der Waals surface area contributed by atoms with Crippen LogP contribution in [0.25, 0.3) is 16.8 Å². The van der Waals surface area contributed by atoms with Gasteiger partial charge in [0.1, 0.15) is 0 Å². The largest absolute Gasteiger partial charge is 0.481 e. The van der Waals surface area contributed by atoms with Crippen molar-refractivity contribution in [1.82, 2.24) is 14.6 Å². The van der Waals surface area contributed by atoms with Gasteiger partial charge in [-0.05, 0) is 30.9 Å². The Morgan fingerprint density at radius 1 is 1.17 bits per heavy atom. The van der Waals surface area contributed by atoms with E-state index >= 15 is 0 Å². The summed E-state index contributed by atoms with van der Waals surface area (Å²) in [5.74, 6) is 1.03. The first-order chi connectivity index (χ1) is 14.8. The van der Waals surface area contributed by atoms with Crippen molar-refractivity contribution in [3.05, 3.63) is 72.4 Å². The van der Waals surface area contributed by atoms with Crippen LogP contribution in [0.2, 0.25) is 0 Å². The topological polar surface area (TPSA) is 61.8 Å². The van der Waals surface area contributed by atoms with Gasteiger partial charge in [-0.1, -0.05) is 36.8 Å². The Morgan fingerprint density at radius 2 is 2.07 bits per heavy atom. The van der Waals surface area contributed by atoms with Gasteiger partial charge in [-0.15, -0.1) is 0 Å². The van der Waals surface area contributed by atoms with Gasteiger partial charge in [0, 0.05) is 23.1 Å². The molecule has 1 saturated carbocycles. The Morgan fingerprint density at radius 3 is 2.87 bits per heavy atom. The normalized spacial score (nSPS) is 19.2. The minimum absolute atomic E-state index is 0.242. The second-order valence-electron chi connectivity index (χ2n) is 7.81. The second kappa shape index (κ2) is 8.32. The Balaban J connectivity index is 1.40. The van der Waals surface area contributed by atoms with Gasteiger partial charge in [0.25, 0.3) is 0 Å². The number of nitrogens with zero attached hydrogens (tertiary/aromatic N) is 3. The fourth-order valence-electron chi connectivity index (χ4n) is 4.28. The number of fused-ring (bicyclic) bond motifs is 1. The third-order valence-corrected chi connectivity index (χ3v) is 5.87. The molecule has 154 valence electrons. The number of ether oxygens (including phenoxy) is 2. The molecule has 6 nitrogen and oxygen atoms in total. The predicted octanol–water partition coefficient (Wildman–Crippen LogP) is 5.24. The van der Waals surface area contributed by atoms with E-state index < -0.39 is 0 Å². The number of benzene rings is 1. The molecule has 0 amide bonds. The van der Waals surface area contributed by atoms with Crippen molar-refractivity contribution in [2.45, 2.75) is 44.3 Å². The van der Waals surface area contributed by atoms with E-state index in [0.717, 1.165) is 48.2 Å². The average molecular weight is 403 g/mol. The van der Waals surface area contributed by atoms with Crippen LogP contribution < -0.4 is 4.74 Å². The standard InChI is InChI=1S/C24H25N3O3/c1-28-23-13-22(26-24-21(14-25-27(23)24)19-10-11-29-16-19)18-8-5-9-20(12-18)30-15-17-6-3-2-4-7-17/h2-4,6-7,10-11,13-14,16,18,20H,5,8-9,12,15H2,1H3. The average Bonchev–Trinajstić information content (AvgIpc) is 3.47.